The lowest BCUT2D eigenvalue weighted by molar-refractivity contribution is -0.119. The Hall–Kier alpha value is -3.97. The Morgan fingerprint density at radius 1 is 0.946 bits per heavy atom. The number of nitrogens with zero attached hydrogens (tertiary/aromatic N) is 2. The largest absolute Gasteiger partial charge is 0.337 e. The quantitative estimate of drug-likeness (QED) is 0.570. The maximum absolute atomic E-state index is 13.8. The molecule has 0 aliphatic carbocycles. The number of amides is 3. The first-order valence-electron chi connectivity index (χ1n) is 12.9. The van der Waals surface area contributed by atoms with Crippen LogP contribution in [-0.2, 0) is 16.0 Å². The third-order valence-corrected chi connectivity index (χ3v) is 7.02. The number of hydrogen-bond donors (Lipinski definition) is 2. The van der Waals surface area contributed by atoms with E-state index in [0.717, 1.165) is 36.2 Å². The monoisotopic (exact) mass is 496 g/mol. The van der Waals surface area contributed by atoms with Crippen molar-refractivity contribution in [2.24, 2.45) is 0 Å². The van der Waals surface area contributed by atoms with Crippen LogP contribution in [0.1, 0.15) is 45.9 Å². The minimum Gasteiger partial charge on any atom is -0.337 e. The van der Waals surface area contributed by atoms with Gasteiger partial charge in [0.05, 0.1) is 30.3 Å². The third kappa shape index (κ3) is 5.57. The minimum atomic E-state index is -0.462. The van der Waals surface area contributed by atoms with Gasteiger partial charge in [0.15, 0.2) is 0 Å². The van der Waals surface area contributed by atoms with Crippen LogP contribution in [-0.4, -0.2) is 48.8 Å². The summed E-state index contributed by atoms with van der Waals surface area (Å²) >= 11 is 0. The summed E-state index contributed by atoms with van der Waals surface area (Å²) in [7, 11) is 0. The number of benzene rings is 3. The fourth-order valence-electron chi connectivity index (χ4n) is 5.07. The first-order valence-corrected chi connectivity index (χ1v) is 12.9. The molecule has 0 bridgehead atoms. The predicted molar refractivity (Wildman–Crippen MR) is 145 cm³/mol. The van der Waals surface area contributed by atoms with E-state index >= 15 is 0 Å². The molecule has 37 heavy (non-hydrogen) atoms. The molecule has 3 aromatic rings. The number of hydrogen-bond acceptors (Lipinski definition) is 4. The van der Waals surface area contributed by atoms with E-state index in [-0.39, 0.29) is 30.6 Å². The maximum Gasteiger partial charge on any atom is 0.253 e. The van der Waals surface area contributed by atoms with Crippen LogP contribution in [0.2, 0.25) is 0 Å². The number of carbonyl (C=O) groups excluding carboxylic acids is 3. The smallest absolute Gasteiger partial charge is 0.253 e. The summed E-state index contributed by atoms with van der Waals surface area (Å²) in [5.41, 5.74) is 4.50. The van der Waals surface area contributed by atoms with Crippen molar-refractivity contribution < 1.29 is 14.4 Å². The Balaban J connectivity index is 1.54. The molecule has 2 N–H and O–H groups in total. The average Bonchev–Trinajstić information content (AvgIpc) is 3.26. The summed E-state index contributed by atoms with van der Waals surface area (Å²) in [6.07, 6.45) is 1.23. The van der Waals surface area contributed by atoms with Crippen molar-refractivity contribution in [1.29, 1.82) is 0 Å². The Morgan fingerprint density at radius 3 is 2.51 bits per heavy atom. The molecule has 3 amide bonds. The summed E-state index contributed by atoms with van der Waals surface area (Å²) in [5.74, 6) is -0.361. The molecule has 7 heteroatoms. The molecule has 2 aliphatic rings. The van der Waals surface area contributed by atoms with E-state index in [9.17, 15) is 14.4 Å². The zero-order valence-electron chi connectivity index (χ0n) is 21.1. The van der Waals surface area contributed by atoms with Crippen LogP contribution in [0.15, 0.2) is 72.8 Å². The van der Waals surface area contributed by atoms with Crippen LogP contribution in [0.3, 0.4) is 0 Å². The van der Waals surface area contributed by atoms with Crippen molar-refractivity contribution >= 4 is 29.1 Å². The first kappa shape index (κ1) is 24.7. The van der Waals surface area contributed by atoms with E-state index in [2.05, 4.69) is 10.6 Å². The first-order chi connectivity index (χ1) is 18.0. The van der Waals surface area contributed by atoms with E-state index < -0.39 is 6.04 Å². The second kappa shape index (κ2) is 11.0. The standard InChI is InChI=1S/C30H32N4O3/c1-21-8-10-23(11-9-21)27-20-28(35)32-25-19-24(30(37)33-16-5-14-31-15-17-33)12-13-26(25)34(27)29(36)18-22-6-3-2-4-7-22/h2-4,6-13,19,27,31H,5,14-18,20H2,1H3,(H,32,35). The van der Waals surface area contributed by atoms with E-state index in [4.69, 9.17) is 0 Å². The van der Waals surface area contributed by atoms with Gasteiger partial charge in [0, 0.05) is 25.2 Å². The Labute approximate surface area is 217 Å². The fraction of sp³-hybridized carbons (Fsp3) is 0.300. The van der Waals surface area contributed by atoms with Gasteiger partial charge < -0.3 is 20.4 Å². The van der Waals surface area contributed by atoms with Crippen LogP contribution >= 0.6 is 0 Å². The predicted octanol–water partition coefficient (Wildman–Crippen LogP) is 4.09. The van der Waals surface area contributed by atoms with Crippen LogP contribution in [0.4, 0.5) is 11.4 Å². The molecular formula is C30H32N4O3. The molecule has 1 unspecified atom stereocenters. The molecular weight excluding hydrogens is 464 g/mol. The normalized spacial score (nSPS) is 17.9. The van der Waals surface area contributed by atoms with E-state index in [1.807, 2.05) is 66.4 Å². The van der Waals surface area contributed by atoms with Crippen molar-refractivity contribution in [3.8, 4) is 0 Å². The molecule has 7 nitrogen and oxygen atoms in total. The van der Waals surface area contributed by atoms with Gasteiger partial charge in [0.25, 0.3) is 5.91 Å². The fourth-order valence-corrected chi connectivity index (χ4v) is 5.07. The summed E-state index contributed by atoms with van der Waals surface area (Å²) in [6.45, 7) is 4.98. The molecule has 0 spiro atoms. The lowest BCUT2D eigenvalue weighted by atomic mass is 9.99. The van der Waals surface area contributed by atoms with Gasteiger partial charge in [-0.2, -0.15) is 0 Å². The summed E-state index contributed by atoms with van der Waals surface area (Å²) in [4.78, 5) is 43.8. The molecule has 0 aromatic heterocycles. The zero-order valence-corrected chi connectivity index (χ0v) is 21.1. The van der Waals surface area contributed by atoms with E-state index in [1.165, 1.54) is 0 Å². The van der Waals surface area contributed by atoms with Crippen molar-refractivity contribution in [1.82, 2.24) is 10.2 Å². The SMILES string of the molecule is Cc1ccc(C2CC(=O)Nc3cc(C(=O)N4CCCNCC4)ccc3N2C(=O)Cc2ccccc2)cc1. The van der Waals surface area contributed by atoms with Crippen LogP contribution in [0, 0.1) is 6.92 Å². The van der Waals surface area contributed by atoms with Crippen molar-refractivity contribution in [3.05, 3.63) is 95.1 Å². The average molecular weight is 497 g/mol. The number of nitrogens with one attached hydrogen (secondary N) is 2. The Kier molecular flexibility index (Phi) is 7.32. The van der Waals surface area contributed by atoms with Crippen LogP contribution in [0.25, 0.3) is 0 Å². The van der Waals surface area contributed by atoms with Gasteiger partial charge in [-0.3, -0.25) is 14.4 Å². The molecule has 1 saturated heterocycles. The highest BCUT2D eigenvalue weighted by atomic mass is 16.2. The van der Waals surface area contributed by atoms with Gasteiger partial charge >= 0.3 is 0 Å². The second-order valence-corrected chi connectivity index (χ2v) is 9.73. The Morgan fingerprint density at radius 2 is 1.73 bits per heavy atom. The number of aryl methyl sites for hydroxylation is 1. The maximum atomic E-state index is 13.8. The van der Waals surface area contributed by atoms with Gasteiger partial charge in [0.2, 0.25) is 11.8 Å². The lowest BCUT2D eigenvalue weighted by Gasteiger charge is -2.31. The molecule has 0 radical (unpaired) electrons. The molecule has 190 valence electrons. The van der Waals surface area contributed by atoms with Crippen molar-refractivity contribution in [3.63, 3.8) is 0 Å². The molecule has 1 atom stereocenters. The number of fused-ring (bicyclic) bond motifs is 1. The molecule has 1 fully saturated rings. The number of anilines is 2. The number of rotatable bonds is 4. The molecule has 5 rings (SSSR count). The molecule has 2 aliphatic heterocycles. The second-order valence-electron chi connectivity index (χ2n) is 9.73. The highest BCUT2D eigenvalue weighted by Gasteiger charge is 2.34. The van der Waals surface area contributed by atoms with Crippen LogP contribution < -0.4 is 15.5 Å². The Bertz CT molecular complexity index is 1280. The number of carbonyl (C=O) groups is 3. The van der Waals surface area contributed by atoms with Gasteiger partial charge in [0.1, 0.15) is 0 Å². The zero-order chi connectivity index (χ0) is 25.8. The lowest BCUT2D eigenvalue weighted by Crippen LogP contribution is -2.36. The topological polar surface area (TPSA) is 81.8 Å². The highest BCUT2D eigenvalue weighted by Crippen LogP contribution is 2.39. The highest BCUT2D eigenvalue weighted by molar-refractivity contribution is 6.07. The molecule has 0 saturated carbocycles. The van der Waals surface area contributed by atoms with Crippen molar-refractivity contribution in [2.45, 2.75) is 32.2 Å². The summed E-state index contributed by atoms with van der Waals surface area (Å²) < 4.78 is 0. The van der Waals surface area contributed by atoms with Crippen LogP contribution in [0.5, 0.6) is 0 Å². The van der Waals surface area contributed by atoms with Gasteiger partial charge in [-0.15, -0.1) is 0 Å². The van der Waals surface area contributed by atoms with E-state index in [0.29, 0.717) is 30.0 Å². The summed E-state index contributed by atoms with van der Waals surface area (Å²) in [5, 5.41) is 6.29. The van der Waals surface area contributed by atoms with Gasteiger partial charge in [-0.1, -0.05) is 60.2 Å². The van der Waals surface area contributed by atoms with Gasteiger partial charge in [-0.25, -0.2) is 0 Å². The van der Waals surface area contributed by atoms with E-state index in [1.54, 1.807) is 23.1 Å². The third-order valence-electron chi connectivity index (χ3n) is 7.02. The summed E-state index contributed by atoms with van der Waals surface area (Å²) in [6, 6.07) is 22.4. The molecule has 2 heterocycles. The van der Waals surface area contributed by atoms with Crippen molar-refractivity contribution in [2.75, 3.05) is 36.4 Å². The minimum absolute atomic E-state index is 0.0674. The molecule has 3 aromatic carbocycles. The van der Waals surface area contributed by atoms with Gasteiger partial charge in [-0.05, 0) is 49.2 Å².